The molecule has 1 N–H and O–H groups in total. The topological polar surface area (TPSA) is 38.3 Å². The summed E-state index contributed by atoms with van der Waals surface area (Å²) < 4.78 is 5.28. The van der Waals surface area contributed by atoms with E-state index in [-0.39, 0.29) is 12.1 Å². The molecule has 0 aliphatic heterocycles. The molecule has 0 saturated carbocycles. The normalized spacial score (nSPS) is 12.8. The summed E-state index contributed by atoms with van der Waals surface area (Å²) >= 11 is 0. The van der Waals surface area contributed by atoms with Crippen LogP contribution in [0.5, 0.6) is 0 Å². The van der Waals surface area contributed by atoms with Crippen LogP contribution in [0.15, 0.2) is 12.7 Å². The molecule has 19 heavy (non-hydrogen) atoms. The van der Waals surface area contributed by atoms with Gasteiger partial charge in [-0.1, -0.05) is 45.1 Å². The fourth-order valence-electron chi connectivity index (χ4n) is 1.92. The summed E-state index contributed by atoms with van der Waals surface area (Å²) in [6.45, 7) is 11.6. The van der Waals surface area contributed by atoms with Crippen molar-refractivity contribution in [2.45, 2.75) is 84.3 Å². The van der Waals surface area contributed by atoms with Crippen LogP contribution in [0.3, 0.4) is 0 Å². The predicted octanol–water partition coefficient (Wildman–Crippen LogP) is 4.82. The van der Waals surface area contributed by atoms with Crippen molar-refractivity contribution in [2.75, 3.05) is 0 Å². The third-order valence-corrected chi connectivity index (χ3v) is 2.83. The van der Waals surface area contributed by atoms with Gasteiger partial charge in [-0.25, -0.2) is 4.79 Å². The van der Waals surface area contributed by atoms with Crippen LogP contribution in [0, 0.1) is 0 Å². The Labute approximate surface area is 118 Å². The van der Waals surface area contributed by atoms with E-state index in [2.05, 4.69) is 18.8 Å². The molecule has 0 aromatic carbocycles. The van der Waals surface area contributed by atoms with Crippen molar-refractivity contribution in [3.63, 3.8) is 0 Å². The summed E-state index contributed by atoms with van der Waals surface area (Å²) in [5.41, 5.74) is -0.441. The molecule has 1 atom stereocenters. The summed E-state index contributed by atoms with van der Waals surface area (Å²) in [5.74, 6) is 0. The van der Waals surface area contributed by atoms with Crippen LogP contribution in [0.2, 0.25) is 0 Å². The first-order valence-electron chi connectivity index (χ1n) is 7.49. The molecule has 112 valence electrons. The van der Waals surface area contributed by atoms with Gasteiger partial charge in [0.05, 0.1) is 0 Å². The standard InChI is InChI=1S/C16H31NO2/c1-6-8-9-10-11-13-14(12-7-2)17-15(18)19-16(3,4)5/h7,14H,2,6,8-13H2,1,3-5H3,(H,17,18)/t14-/m0/s1. The first-order valence-corrected chi connectivity index (χ1v) is 7.49. The largest absolute Gasteiger partial charge is 0.444 e. The summed E-state index contributed by atoms with van der Waals surface area (Å²) in [4.78, 5) is 11.7. The molecule has 3 heteroatoms. The number of hydrogen-bond donors (Lipinski definition) is 1. The SMILES string of the molecule is C=CC[C@@H](CCCCCCC)NC(=O)OC(C)(C)C. The number of rotatable bonds is 9. The molecule has 0 aliphatic rings. The molecule has 0 fully saturated rings. The molecule has 0 saturated heterocycles. The molecule has 0 aromatic rings. The maximum absolute atomic E-state index is 11.7. The lowest BCUT2D eigenvalue weighted by atomic mass is 10.0. The first-order chi connectivity index (χ1) is 8.89. The molecule has 0 radical (unpaired) electrons. The number of carbonyl (C=O) groups excluding carboxylic acids is 1. The summed E-state index contributed by atoms with van der Waals surface area (Å²) in [7, 11) is 0. The smallest absolute Gasteiger partial charge is 0.407 e. The van der Waals surface area contributed by atoms with Crippen LogP contribution in [-0.4, -0.2) is 17.7 Å². The lowest BCUT2D eigenvalue weighted by Gasteiger charge is -2.23. The average molecular weight is 269 g/mol. The van der Waals surface area contributed by atoms with Crippen LogP contribution < -0.4 is 5.32 Å². The van der Waals surface area contributed by atoms with E-state index in [9.17, 15) is 4.79 Å². The summed E-state index contributed by atoms with van der Waals surface area (Å²) in [5, 5.41) is 2.93. The number of alkyl carbamates (subject to hydrolysis) is 1. The van der Waals surface area contributed by atoms with E-state index in [0.717, 1.165) is 19.3 Å². The van der Waals surface area contributed by atoms with Gasteiger partial charge in [0.25, 0.3) is 0 Å². The van der Waals surface area contributed by atoms with Gasteiger partial charge in [0.1, 0.15) is 5.60 Å². The third-order valence-electron chi connectivity index (χ3n) is 2.83. The number of amides is 1. The molecular formula is C16H31NO2. The molecule has 0 rings (SSSR count). The van der Waals surface area contributed by atoms with Crippen LogP contribution in [0.1, 0.15) is 72.6 Å². The number of unbranched alkanes of at least 4 members (excludes halogenated alkanes) is 4. The second-order valence-corrected chi connectivity index (χ2v) is 6.07. The minimum atomic E-state index is -0.441. The van der Waals surface area contributed by atoms with Crippen LogP contribution in [-0.2, 0) is 4.74 Å². The Hall–Kier alpha value is -0.990. The zero-order valence-electron chi connectivity index (χ0n) is 13.1. The lowest BCUT2D eigenvalue weighted by molar-refractivity contribution is 0.0501. The van der Waals surface area contributed by atoms with E-state index in [1.807, 2.05) is 26.8 Å². The van der Waals surface area contributed by atoms with Crippen molar-refractivity contribution in [1.82, 2.24) is 5.32 Å². The maximum Gasteiger partial charge on any atom is 0.407 e. The monoisotopic (exact) mass is 269 g/mol. The van der Waals surface area contributed by atoms with Gasteiger partial charge in [0.2, 0.25) is 0 Å². The van der Waals surface area contributed by atoms with Gasteiger partial charge in [0.15, 0.2) is 0 Å². The van der Waals surface area contributed by atoms with Crippen molar-refractivity contribution in [2.24, 2.45) is 0 Å². The fraction of sp³-hybridized carbons (Fsp3) is 0.812. The molecule has 0 bridgehead atoms. The van der Waals surface area contributed by atoms with E-state index in [4.69, 9.17) is 4.74 Å². The van der Waals surface area contributed by atoms with Crippen LogP contribution in [0.25, 0.3) is 0 Å². The van der Waals surface area contributed by atoms with Gasteiger partial charge < -0.3 is 10.1 Å². The molecular weight excluding hydrogens is 238 g/mol. The summed E-state index contributed by atoms with van der Waals surface area (Å²) in [6, 6.07) is 0.147. The Morgan fingerprint density at radius 1 is 1.26 bits per heavy atom. The highest BCUT2D eigenvalue weighted by Crippen LogP contribution is 2.11. The van der Waals surface area contributed by atoms with E-state index in [0.29, 0.717) is 0 Å². The van der Waals surface area contributed by atoms with E-state index in [1.165, 1.54) is 25.7 Å². The highest BCUT2D eigenvalue weighted by atomic mass is 16.6. The number of nitrogens with one attached hydrogen (secondary N) is 1. The molecule has 3 nitrogen and oxygen atoms in total. The Bertz CT molecular complexity index is 256. The maximum atomic E-state index is 11.7. The van der Waals surface area contributed by atoms with Crippen molar-refractivity contribution < 1.29 is 9.53 Å². The molecule has 1 amide bonds. The van der Waals surface area contributed by atoms with Crippen molar-refractivity contribution in [3.05, 3.63) is 12.7 Å². The van der Waals surface area contributed by atoms with Gasteiger partial charge in [-0.15, -0.1) is 6.58 Å². The van der Waals surface area contributed by atoms with Gasteiger partial charge in [-0.05, 0) is 33.6 Å². The second kappa shape index (κ2) is 9.88. The molecule has 0 aromatic heterocycles. The molecule has 0 heterocycles. The van der Waals surface area contributed by atoms with Crippen LogP contribution >= 0.6 is 0 Å². The Kier molecular flexibility index (Phi) is 9.36. The van der Waals surface area contributed by atoms with E-state index < -0.39 is 5.60 Å². The quantitative estimate of drug-likeness (QED) is 0.481. The van der Waals surface area contributed by atoms with Crippen molar-refractivity contribution >= 4 is 6.09 Å². The highest BCUT2D eigenvalue weighted by molar-refractivity contribution is 5.68. The number of hydrogen-bond acceptors (Lipinski definition) is 2. The zero-order valence-corrected chi connectivity index (χ0v) is 13.1. The predicted molar refractivity (Wildman–Crippen MR) is 81.3 cm³/mol. The fourth-order valence-corrected chi connectivity index (χ4v) is 1.92. The molecule has 0 spiro atoms. The average Bonchev–Trinajstić information content (AvgIpc) is 2.26. The van der Waals surface area contributed by atoms with Gasteiger partial charge >= 0.3 is 6.09 Å². The number of carbonyl (C=O) groups is 1. The van der Waals surface area contributed by atoms with E-state index >= 15 is 0 Å². The minimum absolute atomic E-state index is 0.147. The zero-order chi connectivity index (χ0) is 14.7. The molecule has 0 unspecified atom stereocenters. The molecule has 0 aliphatic carbocycles. The third kappa shape index (κ3) is 11.8. The van der Waals surface area contributed by atoms with Gasteiger partial charge in [-0.2, -0.15) is 0 Å². The Morgan fingerprint density at radius 3 is 2.42 bits per heavy atom. The van der Waals surface area contributed by atoms with Crippen molar-refractivity contribution in [3.8, 4) is 0 Å². The number of ether oxygens (including phenoxy) is 1. The van der Waals surface area contributed by atoms with E-state index in [1.54, 1.807) is 0 Å². The summed E-state index contributed by atoms with van der Waals surface area (Å²) in [6.07, 6.45) is 9.54. The van der Waals surface area contributed by atoms with Crippen molar-refractivity contribution in [1.29, 1.82) is 0 Å². The minimum Gasteiger partial charge on any atom is -0.444 e. The first kappa shape index (κ1) is 18.0. The van der Waals surface area contributed by atoms with Gasteiger partial charge in [0, 0.05) is 6.04 Å². The second-order valence-electron chi connectivity index (χ2n) is 6.07. The Morgan fingerprint density at radius 2 is 1.89 bits per heavy atom. The van der Waals surface area contributed by atoms with Crippen LogP contribution in [0.4, 0.5) is 4.79 Å². The highest BCUT2D eigenvalue weighted by Gasteiger charge is 2.18. The van der Waals surface area contributed by atoms with Gasteiger partial charge in [-0.3, -0.25) is 0 Å². The Balaban J connectivity index is 3.97. The lowest BCUT2D eigenvalue weighted by Crippen LogP contribution is -2.38.